The molecule has 0 radical (unpaired) electrons. The van der Waals surface area contributed by atoms with Gasteiger partial charge >= 0.3 is 0 Å². The molecule has 0 spiro atoms. The number of methoxy groups -OCH3 is 1. The standard InChI is InChI=1S/C22H22N2O4/c1-16(15-26-2)27-19-12-17(22(25)24-21-10-6-7-11-23-21)13-20(14-19)28-18-8-4-3-5-9-18/h3-14,16H,15H2,1-2H3,(H,23,24,25)/t16-/m0/s1. The zero-order valence-electron chi connectivity index (χ0n) is 15.8. The van der Waals surface area contributed by atoms with Crippen molar-refractivity contribution in [1.82, 2.24) is 4.98 Å². The lowest BCUT2D eigenvalue weighted by atomic mass is 10.2. The van der Waals surface area contributed by atoms with Crippen LogP contribution in [0.5, 0.6) is 17.2 Å². The second-order valence-electron chi connectivity index (χ2n) is 6.16. The molecule has 3 rings (SSSR count). The van der Waals surface area contributed by atoms with Gasteiger partial charge in [0.05, 0.1) is 6.61 Å². The zero-order chi connectivity index (χ0) is 19.8. The Bertz CT molecular complexity index is 901. The maximum Gasteiger partial charge on any atom is 0.257 e. The Hall–Kier alpha value is -3.38. The van der Waals surface area contributed by atoms with Crippen molar-refractivity contribution in [2.75, 3.05) is 19.0 Å². The molecule has 0 bridgehead atoms. The third kappa shape index (κ3) is 5.56. The lowest BCUT2D eigenvalue weighted by Crippen LogP contribution is -2.18. The van der Waals surface area contributed by atoms with Crippen LogP contribution in [0.3, 0.4) is 0 Å². The summed E-state index contributed by atoms with van der Waals surface area (Å²) < 4.78 is 16.9. The minimum Gasteiger partial charge on any atom is -0.488 e. The van der Waals surface area contributed by atoms with Gasteiger partial charge in [0.25, 0.3) is 5.91 Å². The second kappa shape index (κ2) is 9.53. The molecule has 1 aromatic heterocycles. The summed E-state index contributed by atoms with van der Waals surface area (Å²) in [5.74, 6) is 1.85. The number of para-hydroxylation sites is 1. The van der Waals surface area contributed by atoms with Crippen LogP contribution in [0.1, 0.15) is 17.3 Å². The molecule has 0 aliphatic heterocycles. The van der Waals surface area contributed by atoms with E-state index < -0.39 is 0 Å². The highest BCUT2D eigenvalue weighted by molar-refractivity contribution is 6.04. The molecule has 0 saturated carbocycles. The first-order chi connectivity index (χ1) is 13.6. The molecule has 1 atom stereocenters. The van der Waals surface area contributed by atoms with Crippen LogP contribution >= 0.6 is 0 Å². The number of amides is 1. The number of hydrogen-bond acceptors (Lipinski definition) is 5. The highest BCUT2D eigenvalue weighted by Crippen LogP contribution is 2.28. The minimum atomic E-state index is -0.304. The fraction of sp³-hybridized carbons (Fsp3) is 0.182. The molecule has 28 heavy (non-hydrogen) atoms. The number of carbonyl (C=O) groups excluding carboxylic acids is 1. The molecular formula is C22H22N2O4. The Labute approximate surface area is 164 Å². The minimum absolute atomic E-state index is 0.177. The van der Waals surface area contributed by atoms with Gasteiger partial charge in [-0.3, -0.25) is 4.79 Å². The summed E-state index contributed by atoms with van der Waals surface area (Å²) >= 11 is 0. The normalized spacial score (nSPS) is 11.5. The molecule has 3 aromatic rings. The van der Waals surface area contributed by atoms with Gasteiger partial charge in [-0.05, 0) is 43.3 Å². The third-order valence-corrected chi connectivity index (χ3v) is 3.77. The van der Waals surface area contributed by atoms with E-state index in [2.05, 4.69) is 10.3 Å². The van der Waals surface area contributed by atoms with E-state index in [9.17, 15) is 4.79 Å². The van der Waals surface area contributed by atoms with E-state index in [4.69, 9.17) is 14.2 Å². The van der Waals surface area contributed by atoms with Gasteiger partial charge in [-0.25, -0.2) is 4.98 Å². The highest BCUT2D eigenvalue weighted by atomic mass is 16.5. The van der Waals surface area contributed by atoms with Crippen LogP contribution in [0.15, 0.2) is 72.9 Å². The van der Waals surface area contributed by atoms with Crippen LogP contribution in [0.2, 0.25) is 0 Å². The van der Waals surface area contributed by atoms with Gasteiger partial charge in [-0.15, -0.1) is 0 Å². The fourth-order valence-electron chi connectivity index (χ4n) is 2.58. The number of benzene rings is 2. The average Bonchev–Trinajstić information content (AvgIpc) is 2.69. The van der Waals surface area contributed by atoms with Crippen LogP contribution in [-0.4, -0.2) is 30.7 Å². The van der Waals surface area contributed by atoms with E-state index in [0.29, 0.717) is 35.2 Å². The number of aromatic nitrogens is 1. The first-order valence-corrected chi connectivity index (χ1v) is 8.90. The van der Waals surface area contributed by atoms with Crippen LogP contribution in [0.4, 0.5) is 5.82 Å². The van der Waals surface area contributed by atoms with Crippen molar-refractivity contribution in [2.45, 2.75) is 13.0 Å². The largest absolute Gasteiger partial charge is 0.488 e. The van der Waals surface area contributed by atoms with Gasteiger partial charge < -0.3 is 19.5 Å². The number of hydrogen-bond donors (Lipinski definition) is 1. The Kier molecular flexibility index (Phi) is 6.59. The maximum atomic E-state index is 12.7. The predicted octanol–water partition coefficient (Wildman–Crippen LogP) is 4.54. The molecule has 2 aromatic carbocycles. The third-order valence-electron chi connectivity index (χ3n) is 3.77. The van der Waals surface area contributed by atoms with Crippen LogP contribution in [0, 0.1) is 0 Å². The van der Waals surface area contributed by atoms with Gasteiger partial charge in [0.2, 0.25) is 0 Å². The second-order valence-corrected chi connectivity index (χ2v) is 6.16. The molecule has 0 unspecified atom stereocenters. The van der Waals surface area contributed by atoms with Crippen molar-refractivity contribution < 1.29 is 19.0 Å². The van der Waals surface area contributed by atoms with Crippen molar-refractivity contribution in [2.24, 2.45) is 0 Å². The Morgan fingerprint density at radius 3 is 2.46 bits per heavy atom. The lowest BCUT2D eigenvalue weighted by Gasteiger charge is -2.16. The fourth-order valence-corrected chi connectivity index (χ4v) is 2.58. The number of nitrogens with one attached hydrogen (secondary N) is 1. The lowest BCUT2D eigenvalue weighted by molar-refractivity contribution is 0.0915. The van der Waals surface area contributed by atoms with Crippen LogP contribution < -0.4 is 14.8 Å². The summed E-state index contributed by atoms with van der Waals surface area (Å²) in [7, 11) is 1.61. The molecule has 144 valence electrons. The summed E-state index contributed by atoms with van der Waals surface area (Å²) in [5, 5.41) is 2.77. The van der Waals surface area contributed by atoms with Gasteiger partial charge in [0.1, 0.15) is 29.2 Å². The van der Waals surface area contributed by atoms with Crippen molar-refractivity contribution in [3.8, 4) is 17.2 Å². The van der Waals surface area contributed by atoms with E-state index in [1.165, 1.54) is 0 Å². The summed E-state index contributed by atoms with van der Waals surface area (Å²) in [6.07, 6.45) is 1.44. The van der Waals surface area contributed by atoms with E-state index in [1.807, 2.05) is 37.3 Å². The molecule has 1 heterocycles. The highest BCUT2D eigenvalue weighted by Gasteiger charge is 2.13. The predicted molar refractivity (Wildman–Crippen MR) is 107 cm³/mol. The number of pyridine rings is 1. The smallest absolute Gasteiger partial charge is 0.257 e. The van der Waals surface area contributed by atoms with E-state index in [1.54, 1.807) is 49.7 Å². The SMILES string of the molecule is COC[C@H](C)Oc1cc(Oc2ccccc2)cc(C(=O)Nc2ccccn2)c1. The monoisotopic (exact) mass is 378 g/mol. The van der Waals surface area contributed by atoms with Crippen molar-refractivity contribution in [3.05, 3.63) is 78.5 Å². The molecule has 6 nitrogen and oxygen atoms in total. The summed E-state index contributed by atoms with van der Waals surface area (Å²) in [6, 6.07) is 19.7. The quantitative estimate of drug-likeness (QED) is 0.623. The van der Waals surface area contributed by atoms with E-state index >= 15 is 0 Å². The van der Waals surface area contributed by atoms with Gasteiger partial charge in [-0.2, -0.15) is 0 Å². The molecular weight excluding hydrogens is 356 g/mol. The van der Waals surface area contributed by atoms with E-state index in [-0.39, 0.29) is 12.0 Å². The summed E-state index contributed by atoms with van der Waals surface area (Å²) in [5.41, 5.74) is 0.402. The van der Waals surface area contributed by atoms with Crippen LogP contribution in [0.25, 0.3) is 0 Å². The van der Waals surface area contributed by atoms with Crippen molar-refractivity contribution in [3.63, 3.8) is 0 Å². The number of nitrogens with zero attached hydrogens (tertiary/aromatic N) is 1. The first kappa shape index (κ1) is 19.4. The molecule has 1 amide bonds. The van der Waals surface area contributed by atoms with Gasteiger partial charge in [0.15, 0.2) is 0 Å². The summed E-state index contributed by atoms with van der Waals surface area (Å²) in [4.78, 5) is 16.8. The van der Waals surface area contributed by atoms with Gasteiger partial charge in [0, 0.05) is 24.9 Å². The Morgan fingerprint density at radius 2 is 1.75 bits per heavy atom. The number of anilines is 1. The molecule has 1 N–H and O–H groups in total. The molecule has 0 aliphatic rings. The Balaban J connectivity index is 1.86. The summed E-state index contributed by atoms with van der Waals surface area (Å²) in [6.45, 7) is 2.32. The average molecular weight is 378 g/mol. The zero-order valence-corrected chi connectivity index (χ0v) is 15.8. The van der Waals surface area contributed by atoms with Gasteiger partial charge in [-0.1, -0.05) is 24.3 Å². The molecule has 0 saturated heterocycles. The number of ether oxygens (including phenoxy) is 3. The first-order valence-electron chi connectivity index (χ1n) is 8.90. The molecule has 0 fully saturated rings. The maximum absolute atomic E-state index is 12.7. The molecule has 0 aliphatic carbocycles. The number of rotatable bonds is 8. The van der Waals surface area contributed by atoms with Crippen molar-refractivity contribution >= 4 is 11.7 Å². The molecule has 6 heteroatoms. The topological polar surface area (TPSA) is 69.7 Å². The van der Waals surface area contributed by atoms with Crippen molar-refractivity contribution in [1.29, 1.82) is 0 Å². The van der Waals surface area contributed by atoms with Crippen LogP contribution in [-0.2, 0) is 4.74 Å². The Morgan fingerprint density at radius 1 is 1.00 bits per heavy atom. The van der Waals surface area contributed by atoms with E-state index in [0.717, 1.165) is 0 Å². The number of carbonyl (C=O) groups is 1.